The standard InChI is InChI=1S/C15H18FNO5/c1-21-11-6-9(16)10(7-12(11)22-2)17-13(18)8-15(14(19)20)4-3-5-15/h6-7H,3-5,8H2,1-2H3,(H,17,18)(H,19,20). The molecule has 2 N–H and O–H groups in total. The van der Waals surface area contributed by atoms with E-state index < -0.39 is 23.1 Å². The molecule has 6 nitrogen and oxygen atoms in total. The van der Waals surface area contributed by atoms with Gasteiger partial charge in [-0.2, -0.15) is 0 Å². The fourth-order valence-corrected chi connectivity index (χ4v) is 2.52. The fraction of sp³-hybridized carbons (Fsp3) is 0.467. The first-order valence-electron chi connectivity index (χ1n) is 6.86. The van der Waals surface area contributed by atoms with E-state index in [1.54, 1.807) is 0 Å². The summed E-state index contributed by atoms with van der Waals surface area (Å²) in [6, 6.07) is 2.41. The smallest absolute Gasteiger partial charge is 0.310 e. The Bertz CT molecular complexity index is 598. The second kappa shape index (κ2) is 6.21. The summed E-state index contributed by atoms with van der Waals surface area (Å²) in [5.41, 5.74) is -1.08. The highest BCUT2D eigenvalue weighted by atomic mass is 19.1. The second-order valence-electron chi connectivity index (χ2n) is 5.35. The van der Waals surface area contributed by atoms with Crippen molar-refractivity contribution in [2.75, 3.05) is 19.5 Å². The lowest BCUT2D eigenvalue weighted by Crippen LogP contribution is -2.41. The van der Waals surface area contributed by atoms with Crippen LogP contribution in [0.5, 0.6) is 11.5 Å². The number of ether oxygens (including phenoxy) is 2. The maximum Gasteiger partial charge on any atom is 0.310 e. The van der Waals surface area contributed by atoms with E-state index in [2.05, 4.69) is 5.32 Å². The Labute approximate surface area is 127 Å². The average molecular weight is 311 g/mol. The number of carbonyl (C=O) groups is 2. The van der Waals surface area contributed by atoms with Crippen molar-refractivity contribution < 1.29 is 28.6 Å². The summed E-state index contributed by atoms with van der Waals surface area (Å²) in [7, 11) is 2.78. The predicted molar refractivity (Wildman–Crippen MR) is 76.7 cm³/mol. The minimum Gasteiger partial charge on any atom is -0.493 e. The van der Waals surface area contributed by atoms with Crippen molar-refractivity contribution in [2.45, 2.75) is 25.7 Å². The van der Waals surface area contributed by atoms with Gasteiger partial charge in [0, 0.05) is 18.6 Å². The van der Waals surface area contributed by atoms with E-state index in [1.807, 2.05) is 0 Å². The van der Waals surface area contributed by atoms with Gasteiger partial charge in [-0.25, -0.2) is 4.39 Å². The van der Waals surface area contributed by atoms with Gasteiger partial charge in [-0.15, -0.1) is 0 Å². The van der Waals surface area contributed by atoms with Gasteiger partial charge in [0.1, 0.15) is 0 Å². The Hall–Kier alpha value is -2.31. The van der Waals surface area contributed by atoms with E-state index in [0.717, 1.165) is 12.5 Å². The molecular formula is C15H18FNO5. The van der Waals surface area contributed by atoms with Crippen LogP contribution in [0.4, 0.5) is 10.1 Å². The van der Waals surface area contributed by atoms with Crippen LogP contribution in [0.3, 0.4) is 0 Å². The number of carboxylic acids is 1. The zero-order chi connectivity index (χ0) is 16.3. The van der Waals surface area contributed by atoms with Crippen LogP contribution >= 0.6 is 0 Å². The van der Waals surface area contributed by atoms with Gasteiger partial charge in [-0.3, -0.25) is 9.59 Å². The number of anilines is 1. The summed E-state index contributed by atoms with van der Waals surface area (Å²) >= 11 is 0. The summed E-state index contributed by atoms with van der Waals surface area (Å²) in [5, 5.41) is 11.6. The Balaban J connectivity index is 2.13. The van der Waals surface area contributed by atoms with Crippen LogP contribution in [0.15, 0.2) is 12.1 Å². The number of benzene rings is 1. The lowest BCUT2D eigenvalue weighted by molar-refractivity contribution is -0.157. The minimum absolute atomic E-state index is 0.0671. The lowest BCUT2D eigenvalue weighted by atomic mass is 9.66. The number of rotatable bonds is 6. The van der Waals surface area contributed by atoms with Gasteiger partial charge in [0.2, 0.25) is 5.91 Å². The van der Waals surface area contributed by atoms with Crippen molar-refractivity contribution in [2.24, 2.45) is 5.41 Å². The monoisotopic (exact) mass is 311 g/mol. The number of nitrogens with one attached hydrogen (secondary N) is 1. The van der Waals surface area contributed by atoms with Crippen molar-refractivity contribution in [1.29, 1.82) is 0 Å². The van der Waals surface area contributed by atoms with Gasteiger partial charge in [-0.1, -0.05) is 6.42 Å². The van der Waals surface area contributed by atoms with Crippen molar-refractivity contribution in [3.8, 4) is 11.5 Å². The van der Waals surface area contributed by atoms with Crippen LogP contribution in [0, 0.1) is 11.2 Å². The molecule has 2 rings (SSSR count). The van der Waals surface area contributed by atoms with E-state index >= 15 is 0 Å². The molecule has 1 saturated carbocycles. The molecule has 22 heavy (non-hydrogen) atoms. The van der Waals surface area contributed by atoms with Gasteiger partial charge in [0.05, 0.1) is 25.3 Å². The summed E-state index contributed by atoms with van der Waals surface area (Å²) in [5.74, 6) is -1.71. The molecule has 0 unspecified atom stereocenters. The molecule has 1 aromatic rings. The molecule has 1 fully saturated rings. The Morgan fingerprint density at radius 1 is 1.27 bits per heavy atom. The van der Waals surface area contributed by atoms with Crippen LogP contribution < -0.4 is 14.8 Å². The molecular weight excluding hydrogens is 293 g/mol. The first kappa shape index (κ1) is 16.1. The molecule has 1 aromatic carbocycles. The molecule has 120 valence electrons. The normalized spacial score (nSPS) is 15.6. The van der Waals surface area contributed by atoms with Crippen LogP contribution in [-0.4, -0.2) is 31.2 Å². The topological polar surface area (TPSA) is 84.9 Å². The molecule has 0 atom stereocenters. The number of carboxylic acid groups (broad SMARTS) is 1. The van der Waals surface area contributed by atoms with Crippen LogP contribution in [0.1, 0.15) is 25.7 Å². The fourth-order valence-electron chi connectivity index (χ4n) is 2.52. The SMILES string of the molecule is COc1cc(F)c(NC(=O)CC2(C(=O)O)CCC2)cc1OC. The van der Waals surface area contributed by atoms with Gasteiger partial charge in [0.25, 0.3) is 0 Å². The quantitative estimate of drug-likeness (QED) is 0.843. The largest absolute Gasteiger partial charge is 0.493 e. The zero-order valence-corrected chi connectivity index (χ0v) is 12.4. The number of hydrogen-bond acceptors (Lipinski definition) is 4. The predicted octanol–water partition coefficient (Wildman–Crippen LogP) is 2.43. The number of amides is 1. The number of methoxy groups -OCH3 is 2. The summed E-state index contributed by atoms with van der Waals surface area (Å²) in [6.07, 6.45) is 1.54. The summed E-state index contributed by atoms with van der Waals surface area (Å²) in [6.45, 7) is 0. The van der Waals surface area contributed by atoms with E-state index in [-0.39, 0.29) is 23.6 Å². The van der Waals surface area contributed by atoms with Crippen molar-refractivity contribution in [3.05, 3.63) is 17.9 Å². The minimum atomic E-state index is -1.02. The second-order valence-corrected chi connectivity index (χ2v) is 5.35. The van der Waals surface area contributed by atoms with E-state index in [4.69, 9.17) is 9.47 Å². The summed E-state index contributed by atoms with van der Waals surface area (Å²) < 4.78 is 23.9. The van der Waals surface area contributed by atoms with Crippen LogP contribution in [-0.2, 0) is 9.59 Å². The van der Waals surface area contributed by atoms with Crippen LogP contribution in [0.25, 0.3) is 0 Å². The summed E-state index contributed by atoms with van der Waals surface area (Å²) in [4.78, 5) is 23.3. The molecule has 0 radical (unpaired) electrons. The molecule has 0 heterocycles. The van der Waals surface area contributed by atoms with Crippen LogP contribution in [0.2, 0.25) is 0 Å². The van der Waals surface area contributed by atoms with E-state index in [9.17, 15) is 19.1 Å². The third-order valence-corrected chi connectivity index (χ3v) is 4.01. The Kier molecular flexibility index (Phi) is 4.54. The molecule has 0 aromatic heterocycles. The number of hydrogen-bond donors (Lipinski definition) is 2. The van der Waals surface area contributed by atoms with E-state index in [1.165, 1.54) is 20.3 Å². The molecule has 1 amide bonds. The molecule has 0 saturated heterocycles. The highest BCUT2D eigenvalue weighted by Crippen LogP contribution is 2.44. The lowest BCUT2D eigenvalue weighted by Gasteiger charge is -2.36. The Morgan fingerprint density at radius 3 is 2.32 bits per heavy atom. The van der Waals surface area contributed by atoms with Crippen molar-refractivity contribution in [1.82, 2.24) is 0 Å². The molecule has 1 aliphatic carbocycles. The van der Waals surface area contributed by atoms with Gasteiger partial charge in [0.15, 0.2) is 17.3 Å². The molecule has 0 aliphatic heterocycles. The number of halogens is 1. The number of aliphatic carboxylic acids is 1. The van der Waals surface area contributed by atoms with Gasteiger partial charge < -0.3 is 19.9 Å². The average Bonchev–Trinajstić information content (AvgIpc) is 2.44. The van der Waals surface area contributed by atoms with Gasteiger partial charge >= 0.3 is 5.97 Å². The highest BCUT2D eigenvalue weighted by molar-refractivity contribution is 5.95. The third kappa shape index (κ3) is 2.98. The van der Waals surface area contributed by atoms with Crippen molar-refractivity contribution in [3.63, 3.8) is 0 Å². The maximum atomic E-state index is 13.9. The highest BCUT2D eigenvalue weighted by Gasteiger charge is 2.45. The first-order valence-corrected chi connectivity index (χ1v) is 6.86. The first-order chi connectivity index (χ1) is 10.4. The third-order valence-electron chi connectivity index (χ3n) is 4.01. The maximum absolute atomic E-state index is 13.9. The van der Waals surface area contributed by atoms with Crippen molar-refractivity contribution >= 4 is 17.6 Å². The molecule has 7 heteroatoms. The zero-order valence-electron chi connectivity index (χ0n) is 12.4. The number of carbonyl (C=O) groups excluding carboxylic acids is 1. The van der Waals surface area contributed by atoms with E-state index in [0.29, 0.717) is 12.8 Å². The van der Waals surface area contributed by atoms with Gasteiger partial charge in [-0.05, 0) is 12.8 Å². The Morgan fingerprint density at radius 2 is 1.86 bits per heavy atom. The molecule has 0 spiro atoms. The molecule has 0 bridgehead atoms. The molecule has 1 aliphatic rings.